The highest BCUT2D eigenvalue weighted by Crippen LogP contribution is 2.44. The molecule has 0 spiro atoms. The molecule has 35 heavy (non-hydrogen) atoms. The van der Waals surface area contributed by atoms with Gasteiger partial charge in [0.05, 0.1) is 18.8 Å². The molecule has 2 aromatic carbocycles. The van der Waals surface area contributed by atoms with Crippen molar-refractivity contribution in [3.63, 3.8) is 0 Å². The second kappa shape index (κ2) is 8.94. The van der Waals surface area contributed by atoms with Gasteiger partial charge in [0.2, 0.25) is 0 Å². The van der Waals surface area contributed by atoms with Crippen molar-refractivity contribution in [3.05, 3.63) is 95.3 Å². The molecule has 0 bridgehead atoms. The Morgan fingerprint density at radius 1 is 1.11 bits per heavy atom. The van der Waals surface area contributed by atoms with Crippen molar-refractivity contribution in [2.24, 2.45) is 0 Å². The lowest BCUT2D eigenvalue weighted by Crippen LogP contribution is -2.36. The summed E-state index contributed by atoms with van der Waals surface area (Å²) in [5, 5.41) is 14.1. The number of anilines is 2. The van der Waals surface area contributed by atoms with Crippen molar-refractivity contribution in [3.8, 4) is 0 Å². The first-order valence-electron chi connectivity index (χ1n) is 11.1. The average Bonchev–Trinajstić information content (AvgIpc) is 3.46. The smallest absolute Gasteiger partial charge is 0.363 e. The van der Waals surface area contributed by atoms with Crippen LogP contribution in [-0.2, 0) is 6.54 Å². The number of hydrogen-bond acceptors (Lipinski definition) is 4. The molecule has 180 valence electrons. The molecule has 0 saturated carbocycles. The monoisotopic (exact) mass is 480 g/mol. The fourth-order valence-corrected chi connectivity index (χ4v) is 4.29. The molecule has 1 aliphatic rings. The lowest BCUT2D eigenvalue weighted by atomic mass is 9.96. The Morgan fingerprint density at radius 2 is 1.86 bits per heavy atom. The average molecular weight is 480 g/mol. The molecule has 10 heteroatoms. The van der Waals surface area contributed by atoms with Gasteiger partial charge in [-0.25, -0.2) is 4.68 Å². The maximum Gasteiger partial charge on any atom is 0.410 e. The SMILES string of the molecule is Cc1ccccc1Cn1ccc(NC(=O)c2cnn3c2N[C@@H](c2ccccc2)C[C@@H]3C(F)(F)F)n1. The van der Waals surface area contributed by atoms with Crippen molar-refractivity contribution in [2.75, 3.05) is 10.6 Å². The molecule has 0 unspecified atom stereocenters. The van der Waals surface area contributed by atoms with Crippen LogP contribution in [0.1, 0.15) is 45.6 Å². The molecule has 0 aliphatic carbocycles. The maximum absolute atomic E-state index is 13.9. The summed E-state index contributed by atoms with van der Waals surface area (Å²) < 4.78 is 44.2. The van der Waals surface area contributed by atoms with Crippen LogP contribution in [0.3, 0.4) is 0 Å². The van der Waals surface area contributed by atoms with E-state index in [1.807, 2.05) is 31.2 Å². The van der Waals surface area contributed by atoms with E-state index in [0.717, 1.165) is 22.0 Å². The van der Waals surface area contributed by atoms with E-state index >= 15 is 0 Å². The number of halogens is 3. The quantitative estimate of drug-likeness (QED) is 0.404. The second-order valence-electron chi connectivity index (χ2n) is 8.53. The lowest BCUT2D eigenvalue weighted by molar-refractivity contribution is -0.173. The molecule has 0 saturated heterocycles. The largest absolute Gasteiger partial charge is 0.410 e. The number of aryl methyl sites for hydroxylation is 1. The van der Waals surface area contributed by atoms with Gasteiger partial charge in [-0.15, -0.1) is 0 Å². The predicted octanol–water partition coefficient (Wildman–Crippen LogP) is 5.35. The van der Waals surface area contributed by atoms with Gasteiger partial charge in [0.25, 0.3) is 5.91 Å². The molecular formula is C25H23F3N6O. The topological polar surface area (TPSA) is 76.8 Å². The first kappa shape index (κ1) is 22.7. The van der Waals surface area contributed by atoms with E-state index in [1.165, 1.54) is 0 Å². The minimum Gasteiger partial charge on any atom is -0.363 e. The van der Waals surface area contributed by atoms with Crippen molar-refractivity contribution in [2.45, 2.75) is 38.1 Å². The third-order valence-corrected chi connectivity index (χ3v) is 6.16. The third-order valence-electron chi connectivity index (χ3n) is 6.16. The molecule has 3 heterocycles. The van der Waals surface area contributed by atoms with Gasteiger partial charge in [-0.05, 0) is 23.6 Å². The van der Waals surface area contributed by atoms with Gasteiger partial charge in [-0.3, -0.25) is 9.48 Å². The number of carbonyl (C=O) groups excluding carboxylic acids is 1. The highest BCUT2D eigenvalue weighted by molar-refractivity contribution is 6.07. The Hall–Kier alpha value is -4.08. The Balaban J connectivity index is 1.38. The van der Waals surface area contributed by atoms with Crippen LogP contribution in [0.2, 0.25) is 0 Å². The van der Waals surface area contributed by atoms with Crippen molar-refractivity contribution >= 4 is 17.5 Å². The van der Waals surface area contributed by atoms with E-state index in [9.17, 15) is 18.0 Å². The summed E-state index contributed by atoms with van der Waals surface area (Å²) in [6.07, 6.45) is -1.85. The normalized spacial score (nSPS) is 17.5. The van der Waals surface area contributed by atoms with Gasteiger partial charge >= 0.3 is 6.18 Å². The standard InChI is InChI=1S/C25H23F3N6O/c1-16-7-5-6-10-18(16)15-33-12-11-22(32-33)31-24(35)19-14-29-34-21(25(26,27)28)13-20(30-23(19)34)17-8-3-2-4-9-17/h2-12,14,20-21,30H,13,15H2,1H3,(H,31,32,35)/t20-,21-/m1/s1. The van der Waals surface area contributed by atoms with Crippen molar-refractivity contribution in [1.29, 1.82) is 0 Å². The lowest BCUT2D eigenvalue weighted by Gasteiger charge is -2.34. The number of alkyl halides is 3. The highest BCUT2D eigenvalue weighted by Gasteiger charge is 2.47. The maximum atomic E-state index is 13.9. The van der Waals surface area contributed by atoms with Gasteiger partial charge in [0.1, 0.15) is 11.4 Å². The highest BCUT2D eigenvalue weighted by atomic mass is 19.4. The van der Waals surface area contributed by atoms with Crippen LogP contribution >= 0.6 is 0 Å². The van der Waals surface area contributed by atoms with E-state index in [1.54, 1.807) is 47.3 Å². The number of amides is 1. The summed E-state index contributed by atoms with van der Waals surface area (Å²) in [4.78, 5) is 13.0. The predicted molar refractivity (Wildman–Crippen MR) is 125 cm³/mol. The number of benzene rings is 2. The van der Waals surface area contributed by atoms with E-state index in [-0.39, 0.29) is 17.8 Å². The summed E-state index contributed by atoms with van der Waals surface area (Å²) in [6, 6.07) is 16.0. The Bertz CT molecular complexity index is 1340. The molecule has 0 fully saturated rings. The zero-order chi connectivity index (χ0) is 24.6. The van der Waals surface area contributed by atoms with Gasteiger partial charge in [-0.1, -0.05) is 54.6 Å². The molecule has 2 N–H and O–H groups in total. The first-order chi connectivity index (χ1) is 16.8. The molecule has 4 aromatic rings. The van der Waals surface area contributed by atoms with Crippen LogP contribution in [0.25, 0.3) is 0 Å². The number of aromatic nitrogens is 4. The van der Waals surface area contributed by atoms with E-state index < -0.39 is 24.2 Å². The van der Waals surface area contributed by atoms with Gasteiger partial charge in [-0.2, -0.15) is 23.4 Å². The molecular weight excluding hydrogens is 457 g/mol. The zero-order valence-electron chi connectivity index (χ0n) is 18.8. The van der Waals surface area contributed by atoms with Crippen molar-refractivity contribution < 1.29 is 18.0 Å². The third kappa shape index (κ3) is 4.64. The van der Waals surface area contributed by atoms with E-state index in [2.05, 4.69) is 20.8 Å². The number of fused-ring (bicyclic) bond motifs is 1. The molecule has 1 amide bonds. The van der Waals surface area contributed by atoms with Crippen LogP contribution in [0.5, 0.6) is 0 Å². The van der Waals surface area contributed by atoms with Crippen molar-refractivity contribution in [1.82, 2.24) is 19.6 Å². The summed E-state index contributed by atoms with van der Waals surface area (Å²) in [5.41, 5.74) is 2.94. The summed E-state index contributed by atoms with van der Waals surface area (Å²) in [6.45, 7) is 2.54. The number of carbonyl (C=O) groups is 1. The van der Waals surface area contributed by atoms with Gasteiger partial charge in [0, 0.05) is 18.7 Å². The van der Waals surface area contributed by atoms with E-state index in [4.69, 9.17) is 0 Å². The van der Waals surface area contributed by atoms with Gasteiger partial charge < -0.3 is 10.6 Å². The number of nitrogens with zero attached hydrogens (tertiary/aromatic N) is 4. The fraction of sp³-hybridized carbons (Fsp3) is 0.240. The van der Waals surface area contributed by atoms with Crippen LogP contribution in [-0.4, -0.2) is 31.6 Å². The minimum atomic E-state index is -4.52. The Labute approximate surface area is 199 Å². The summed E-state index contributed by atoms with van der Waals surface area (Å²) >= 11 is 0. The van der Waals surface area contributed by atoms with Crippen LogP contribution in [0, 0.1) is 6.92 Å². The van der Waals surface area contributed by atoms with Gasteiger partial charge in [0.15, 0.2) is 11.9 Å². The molecule has 0 radical (unpaired) electrons. The molecule has 5 rings (SSSR count). The number of hydrogen-bond donors (Lipinski definition) is 2. The zero-order valence-corrected chi connectivity index (χ0v) is 18.8. The molecule has 2 atom stereocenters. The molecule has 7 nitrogen and oxygen atoms in total. The molecule has 2 aromatic heterocycles. The second-order valence-corrected chi connectivity index (χ2v) is 8.53. The Morgan fingerprint density at radius 3 is 2.60 bits per heavy atom. The first-order valence-corrected chi connectivity index (χ1v) is 11.1. The minimum absolute atomic E-state index is 0.0216. The van der Waals surface area contributed by atoms with Crippen LogP contribution < -0.4 is 10.6 Å². The van der Waals surface area contributed by atoms with E-state index in [0.29, 0.717) is 17.9 Å². The van der Waals surface area contributed by atoms with Crippen LogP contribution in [0.15, 0.2) is 73.1 Å². The summed E-state index contributed by atoms with van der Waals surface area (Å²) in [5.74, 6) is -0.259. The van der Waals surface area contributed by atoms with Crippen LogP contribution in [0.4, 0.5) is 24.8 Å². The summed E-state index contributed by atoms with van der Waals surface area (Å²) in [7, 11) is 0. The Kier molecular flexibility index (Phi) is 5.80. The number of rotatable bonds is 5. The molecule has 1 aliphatic heterocycles. The number of nitrogens with one attached hydrogen (secondary N) is 2. The fourth-order valence-electron chi connectivity index (χ4n) is 4.29.